The highest BCUT2D eigenvalue weighted by atomic mass is 32.2. The number of carbonyl (C=O) groups is 1. The molecule has 0 atom stereocenters. The minimum atomic E-state index is -0.0864. The molecule has 0 spiro atoms. The van der Waals surface area contributed by atoms with Crippen LogP contribution in [0, 0.1) is 5.92 Å². The third-order valence-corrected chi connectivity index (χ3v) is 4.98. The van der Waals surface area contributed by atoms with Crippen LogP contribution in [-0.2, 0) is 4.79 Å². The molecule has 5 nitrogen and oxygen atoms in total. The first kappa shape index (κ1) is 18.6. The van der Waals surface area contributed by atoms with Crippen LogP contribution in [0.5, 0.6) is 17.2 Å². The molecule has 2 rings (SSSR count). The molecule has 1 saturated heterocycles. The van der Waals surface area contributed by atoms with Crippen molar-refractivity contribution < 1.29 is 19.4 Å². The Morgan fingerprint density at radius 2 is 1.88 bits per heavy atom. The number of amides is 1. The lowest BCUT2D eigenvalue weighted by molar-refractivity contribution is -0.122. The summed E-state index contributed by atoms with van der Waals surface area (Å²) < 4.78 is 10.9. The van der Waals surface area contributed by atoms with Gasteiger partial charge >= 0.3 is 0 Å². The second-order valence-corrected chi connectivity index (χ2v) is 7.47. The fourth-order valence-electron chi connectivity index (χ4n) is 2.23. The van der Waals surface area contributed by atoms with Crippen LogP contribution in [0.4, 0.5) is 0 Å². The van der Waals surface area contributed by atoms with Gasteiger partial charge in [-0.15, -0.1) is 0 Å². The zero-order valence-electron chi connectivity index (χ0n) is 14.2. The van der Waals surface area contributed by atoms with Crippen molar-refractivity contribution in [2.45, 2.75) is 20.3 Å². The number of ether oxygens (including phenoxy) is 2. The molecule has 0 radical (unpaired) electrons. The number of nitrogens with zero attached hydrogens (tertiary/aromatic N) is 1. The van der Waals surface area contributed by atoms with Crippen molar-refractivity contribution in [2.75, 3.05) is 20.8 Å². The van der Waals surface area contributed by atoms with Crippen molar-refractivity contribution in [1.82, 2.24) is 4.90 Å². The number of benzene rings is 1. The number of hydrogen-bond acceptors (Lipinski definition) is 6. The summed E-state index contributed by atoms with van der Waals surface area (Å²) in [5, 5.41) is 9.96. The highest BCUT2D eigenvalue weighted by molar-refractivity contribution is 8.26. The quantitative estimate of drug-likeness (QED) is 0.612. The van der Waals surface area contributed by atoms with Crippen LogP contribution in [0.25, 0.3) is 6.08 Å². The summed E-state index contributed by atoms with van der Waals surface area (Å²) in [6.45, 7) is 4.85. The van der Waals surface area contributed by atoms with Crippen LogP contribution in [-0.4, -0.2) is 41.0 Å². The number of thioether (sulfide) groups is 1. The topological polar surface area (TPSA) is 59.0 Å². The van der Waals surface area contributed by atoms with E-state index in [1.165, 1.54) is 26.0 Å². The van der Waals surface area contributed by atoms with Crippen LogP contribution >= 0.6 is 24.0 Å². The maximum Gasteiger partial charge on any atom is 0.266 e. The van der Waals surface area contributed by atoms with Gasteiger partial charge in [0.1, 0.15) is 4.32 Å². The first-order valence-electron chi connectivity index (χ1n) is 7.57. The number of phenols is 1. The number of phenolic OH excluding ortho intramolecular Hbond substituents is 1. The molecule has 1 amide bonds. The monoisotopic (exact) mass is 367 g/mol. The van der Waals surface area contributed by atoms with Gasteiger partial charge in [-0.05, 0) is 36.1 Å². The summed E-state index contributed by atoms with van der Waals surface area (Å²) >= 11 is 6.60. The third kappa shape index (κ3) is 4.02. The largest absolute Gasteiger partial charge is 0.502 e. The van der Waals surface area contributed by atoms with Crippen molar-refractivity contribution in [3.05, 3.63) is 22.6 Å². The van der Waals surface area contributed by atoms with E-state index in [-0.39, 0.29) is 23.2 Å². The van der Waals surface area contributed by atoms with Crippen molar-refractivity contribution >= 4 is 40.3 Å². The molecule has 1 fully saturated rings. The van der Waals surface area contributed by atoms with Crippen molar-refractivity contribution in [3.8, 4) is 17.2 Å². The van der Waals surface area contributed by atoms with Crippen LogP contribution in [0.2, 0.25) is 0 Å². The summed E-state index contributed by atoms with van der Waals surface area (Å²) in [5.41, 5.74) is 0.700. The second kappa shape index (κ2) is 7.90. The van der Waals surface area contributed by atoms with Crippen molar-refractivity contribution in [1.29, 1.82) is 0 Å². The van der Waals surface area contributed by atoms with E-state index < -0.39 is 0 Å². The molecule has 0 aliphatic carbocycles. The van der Waals surface area contributed by atoms with E-state index in [1.54, 1.807) is 23.1 Å². The number of rotatable bonds is 6. The lowest BCUT2D eigenvalue weighted by Crippen LogP contribution is -2.29. The molecule has 7 heteroatoms. The van der Waals surface area contributed by atoms with Gasteiger partial charge in [-0.25, -0.2) is 0 Å². The van der Waals surface area contributed by atoms with Crippen LogP contribution < -0.4 is 9.47 Å². The summed E-state index contributed by atoms with van der Waals surface area (Å²) in [4.78, 5) is 14.7. The molecular formula is C17H21NO4S2. The molecule has 1 N–H and O–H groups in total. The fourth-order valence-corrected chi connectivity index (χ4v) is 3.54. The number of methoxy groups -OCH3 is 2. The van der Waals surface area contributed by atoms with Crippen molar-refractivity contribution in [2.24, 2.45) is 5.92 Å². The number of thiocarbonyl (C=S) groups is 1. The molecule has 0 unspecified atom stereocenters. The minimum absolute atomic E-state index is 0.0679. The molecule has 24 heavy (non-hydrogen) atoms. The molecule has 0 bridgehead atoms. The molecule has 1 aromatic carbocycles. The molecule has 1 aliphatic heterocycles. The van der Waals surface area contributed by atoms with Gasteiger partial charge in [0.25, 0.3) is 5.91 Å². The molecular weight excluding hydrogens is 346 g/mol. The van der Waals surface area contributed by atoms with Gasteiger partial charge in [-0.2, -0.15) is 0 Å². The summed E-state index contributed by atoms with van der Waals surface area (Å²) in [5.74, 6) is 0.925. The first-order chi connectivity index (χ1) is 11.4. The fraction of sp³-hybridized carbons (Fsp3) is 0.412. The Bertz CT molecular complexity index is 660. The number of hydrogen-bond donors (Lipinski definition) is 1. The van der Waals surface area contributed by atoms with Crippen LogP contribution in [0.3, 0.4) is 0 Å². The average molecular weight is 367 g/mol. The highest BCUT2D eigenvalue weighted by Gasteiger charge is 2.31. The van der Waals surface area contributed by atoms with E-state index in [2.05, 4.69) is 13.8 Å². The first-order valence-corrected chi connectivity index (χ1v) is 8.80. The van der Waals surface area contributed by atoms with Crippen LogP contribution in [0.15, 0.2) is 17.0 Å². The van der Waals surface area contributed by atoms with E-state index in [9.17, 15) is 9.90 Å². The lowest BCUT2D eigenvalue weighted by atomic mass is 10.1. The van der Waals surface area contributed by atoms with E-state index in [0.717, 1.165) is 6.42 Å². The Hall–Kier alpha value is -1.73. The van der Waals surface area contributed by atoms with E-state index >= 15 is 0 Å². The summed E-state index contributed by atoms with van der Waals surface area (Å²) in [7, 11) is 2.92. The third-order valence-electron chi connectivity index (χ3n) is 3.60. The van der Waals surface area contributed by atoms with Gasteiger partial charge in [0, 0.05) is 6.54 Å². The average Bonchev–Trinajstić information content (AvgIpc) is 2.80. The Morgan fingerprint density at radius 1 is 1.29 bits per heavy atom. The predicted octanol–water partition coefficient (Wildman–Crippen LogP) is 3.66. The standard InChI is InChI=1S/C17H21NO4S2/c1-10(2)5-6-18-16(20)14(24-17(18)23)9-11-7-12(21-3)15(19)13(8-11)22-4/h7-10,19H,5-6H2,1-4H3/b14-9-. The van der Waals surface area contributed by atoms with Gasteiger partial charge in [0.05, 0.1) is 19.1 Å². The maximum atomic E-state index is 12.5. The molecule has 0 saturated carbocycles. The highest BCUT2D eigenvalue weighted by Crippen LogP contribution is 2.39. The van der Waals surface area contributed by atoms with Crippen LogP contribution in [0.1, 0.15) is 25.8 Å². The Balaban J connectivity index is 2.28. The molecule has 0 aromatic heterocycles. The lowest BCUT2D eigenvalue weighted by Gasteiger charge is -2.15. The Morgan fingerprint density at radius 3 is 2.38 bits per heavy atom. The maximum absolute atomic E-state index is 12.5. The zero-order valence-corrected chi connectivity index (χ0v) is 15.8. The predicted molar refractivity (Wildman–Crippen MR) is 101 cm³/mol. The zero-order chi connectivity index (χ0) is 17.9. The number of aromatic hydroxyl groups is 1. The van der Waals surface area contributed by atoms with Gasteiger partial charge < -0.3 is 14.6 Å². The van der Waals surface area contributed by atoms with Crippen molar-refractivity contribution in [3.63, 3.8) is 0 Å². The van der Waals surface area contributed by atoms with Gasteiger partial charge in [0.2, 0.25) is 5.75 Å². The summed E-state index contributed by atoms with van der Waals surface area (Å²) in [6.07, 6.45) is 2.64. The molecule has 130 valence electrons. The molecule has 1 heterocycles. The van der Waals surface area contributed by atoms with E-state index in [1.807, 2.05) is 0 Å². The normalized spacial score (nSPS) is 16.4. The van der Waals surface area contributed by atoms with Gasteiger partial charge in [-0.3, -0.25) is 9.69 Å². The van der Waals surface area contributed by atoms with Gasteiger partial charge in [0.15, 0.2) is 11.5 Å². The summed E-state index contributed by atoms with van der Waals surface area (Å²) in [6, 6.07) is 3.30. The smallest absolute Gasteiger partial charge is 0.266 e. The Kier molecular flexibility index (Phi) is 6.12. The number of carbonyl (C=O) groups excluding carboxylic acids is 1. The Labute approximate surface area is 151 Å². The van der Waals surface area contributed by atoms with Gasteiger partial charge in [-0.1, -0.05) is 37.8 Å². The molecule has 1 aliphatic rings. The van der Waals surface area contributed by atoms with E-state index in [0.29, 0.717) is 27.3 Å². The molecule has 1 aromatic rings. The SMILES string of the molecule is COc1cc(/C=C2\SC(=S)N(CCC(C)C)C2=O)cc(OC)c1O. The minimum Gasteiger partial charge on any atom is -0.502 e. The second-order valence-electron chi connectivity index (χ2n) is 5.79. The van der Waals surface area contributed by atoms with E-state index in [4.69, 9.17) is 21.7 Å².